The number of pyridine rings is 2. The van der Waals surface area contributed by atoms with Crippen molar-refractivity contribution in [1.29, 1.82) is 0 Å². The fraction of sp³-hybridized carbons (Fsp3) is 0.357. The Morgan fingerprint density at radius 2 is 2.05 bits per heavy atom. The highest BCUT2D eigenvalue weighted by Crippen LogP contribution is 2.60. The molecule has 1 spiro atoms. The summed E-state index contributed by atoms with van der Waals surface area (Å²) in [6.07, 6.45) is 1.22. The van der Waals surface area contributed by atoms with Crippen molar-refractivity contribution in [3.63, 3.8) is 0 Å². The summed E-state index contributed by atoms with van der Waals surface area (Å²) in [6.45, 7) is 5.63. The van der Waals surface area contributed by atoms with Crippen molar-refractivity contribution < 1.29 is 28.1 Å². The Hall–Kier alpha value is -4.41. The van der Waals surface area contributed by atoms with Gasteiger partial charge in [0, 0.05) is 29.2 Å². The average Bonchev–Trinajstić information content (AvgIpc) is 3.21. The predicted octanol–water partition coefficient (Wildman–Crippen LogP) is 4.68. The number of carbonyl (C=O) groups excluding carboxylic acids is 1. The standard InChI is InChI=1S/C28H26FN5O5/c1-27(2,3)39-26(35)33-12-16-17(29)8-9-19-23(16)28(13-37-19)11-21(28)38-20-10-15(18-6-5-7-22(31-18)36-4)24-32-30-14-34(24)25(20)33/h5-10,14,21H,11-13H2,1-4H3/t21-,28?/m1/s1. The van der Waals surface area contributed by atoms with Gasteiger partial charge in [-0.3, -0.25) is 9.30 Å². The van der Waals surface area contributed by atoms with E-state index in [1.807, 2.05) is 12.1 Å². The summed E-state index contributed by atoms with van der Waals surface area (Å²) in [5.74, 6) is 1.38. The second-order valence-corrected chi connectivity index (χ2v) is 11.1. The molecule has 1 aromatic carbocycles. The van der Waals surface area contributed by atoms with Gasteiger partial charge in [0.05, 0.1) is 24.8 Å². The molecule has 39 heavy (non-hydrogen) atoms. The second-order valence-electron chi connectivity index (χ2n) is 11.1. The molecule has 1 aliphatic carbocycles. The first-order valence-corrected chi connectivity index (χ1v) is 12.7. The first-order valence-electron chi connectivity index (χ1n) is 12.7. The number of halogens is 1. The second kappa shape index (κ2) is 8.05. The molecule has 1 saturated carbocycles. The zero-order chi connectivity index (χ0) is 27.1. The number of methoxy groups -OCH3 is 1. The van der Waals surface area contributed by atoms with Gasteiger partial charge in [-0.2, -0.15) is 0 Å². The Bertz CT molecular complexity index is 1660. The smallest absolute Gasteiger partial charge is 0.416 e. The topological polar surface area (TPSA) is 100 Å². The third-order valence-electron chi connectivity index (χ3n) is 7.38. The van der Waals surface area contributed by atoms with Crippen LogP contribution in [0.5, 0.6) is 17.4 Å². The molecule has 2 atom stereocenters. The Balaban J connectivity index is 1.48. The Morgan fingerprint density at radius 1 is 1.21 bits per heavy atom. The van der Waals surface area contributed by atoms with E-state index in [2.05, 4.69) is 15.2 Å². The molecule has 0 saturated heterocycles. The molecule has 3 aliphatic rings. The minimum atomic E-state index is -0.795. The summed E-state index contributed by atoms with van der Waals surface area (Å²) in [5.41, 5.74) is 1.52. The van der Waals surface area contributed by atoms with Crippen molar-refractivity contribution in [2.45, 2.75) is 50.9 Å². The number of anilines is 1. The van der Waals surface area contributed by atoms with Crippen molar-refractivity contribution >= 4 is 17.6 Å². The molecule has 5 heterocycles. The van der Waals surface area contributed by atoms with E-state index in [1.54, 1.807) is 50.5 Å². The Kier molecular flexibility index (Phi) is 4.89. The van der Waals surface area contributed by atoms with Crippen molar-refractivity contribution in [3.05, 3.63) is 59.7 Å². The van der Waals surface area contributed by atoms with E-state index in [0.717, 1.165) is 5.56 Å². The molecule has 0 radical (unpaired) electrons. The number of hydrogen-bond donors (Lipinski definition) is 0. The van der Waals surface area contributed by atoms with Crippen LogP contribution in [-0.4, -0.2) is 51.1 Å². The van der Waals surface area contributed by atoms with Crippen LogP contribution in [0, 0.1) is 5.82 Å². The van der Waals surface area contributed by atoms with Crippen LogP contribution in [-0.2, 0) is 16.7 Å². The van der Waals surface area contributed by atoms with Crippen LogP contribution in [0.4, 0.5) is 15.0 Å². The zero-order valence-electron chi connectivity index (χ0n) is 21.9. The molecule has 3 aromatic heterocycles. The summed E-state index contributed by atoms with van der Waals surface area (Å²) in [6, 6.07) is 10.2. The number of carbonyl (C=O) groups is 1. The van der Waals surface area contributed by atoms with E-state index < -0.39 is 22.9 Å². The highest BCUT2D eigenvalue weighted by atomic mass is 19.1. The molecule has 11 heteroatoms. The largest absolute Gasteiger partial charge is 0.492 e. The minimum absolute atomic E-state index is 0.0951. The monoisotopic (exact) mass is 531 g/mol. The van der Waals surface area contributed by atoms with Crippen molar-refractivity contribution in [2.24, 2.45) is 0 Å². The Morgan fingerprint density at radius 3 is 2.85 bits per heavy atom. The maximum atomic E-state index is 15.5. The molecule has 1 amide bonds. The molecule has 1 fully saturated rings. The predicted molar refractivity (Wildman–Crippen MR) is 138 cm³/mol. The van der Waals surface area contributed by atoms with Crippen LogP contribution >= 0.6 is 0 Å². The van der Waals surface area contributed by atoms with E-state index in [-0.39, 0.29) is 12.6 Å². The van der Waals surface area contributed by atoms with E-state index >= 15 is 4.39 Å². The maximum absolute atomic E-state index is 15.5. The van der Waals surface area contributed by atoms with Gasteiger partial charge in [0.2, 0.25) is 5.88 Å². The number of aromatic nitrogens is 4. The van der Waals surface area contributed by atoms with Gasteiger partial charge in [-0.05, 0) is 45.0 Å². The molecule has 0 N–H and O–H groups in total. The van der Waals surface area contributed by atoms with Crippen LogP contribution in [0.15, 0.2) is 42.7 Å². The summed E-state index contributed by atoms with van der Waals surface area (Å²) >= 11 is 0. The normalized spacial score (nSPS) is 20.9. The van der Waals surface area contributed by atoms with Gasteiger partial charge in [-0.15, -0.1) is 10.2 Å². The number of fused-ring (bicyclic) bond motifs is 3. The number of hydrogen-bond acceptors (Lipinski definition) is 8. The van der Waals surface area contributed by atoms with Gasteiger partial charge in [0.25, 0.3) is 0 Å². The average molecular weight is 532 g/mol. The quantitative estimate of drug-likeness (QED) is 0.368. The van der Waals surface area contributed by atoms with Crippen molar-refractivity contribution in [2.75, 3.05) is 18.6 Å². The summed E-state index contributed by atoms with van der Waals surface area (Å²) in [4.78, 5) is 19.7. The summed E-state index contributed by atoms with van der Waals surface area (Å²) in [5, 5.41) is 8.48. The van der Waals surface area contributed by atoms with Gasteiger partial charge in [0.15, 0.2) is 17.2 Å². The lowest BCUT2D eigenvalue weighted by Gasteiger charge is -2.29. The minimum Gasteiger partial charge on any atom is -0.492 e. The summed E-state index contributed by atoms with van der Waals surface area (Å²) in [7, 11) is 1.55. The first-order chi connectivity index (χ1) is 18.7. The van der Waals surface area contributed by atoms with Crippen LogP contribution in [0.3, 0.4) is 0 Å². The number of rotatable bonds is 2. The number of nitrogens with zero attached hydrogens (tertiary/aromatic N) is 5. The molecule has 200 valence electrons. The van der Waals surface area contributed by atoms with Gasteiger partial charge in [-0.1, -0.05) is 6.07 Å². The zero-order valence-corrected chi connectivity index (χ0v) is 21.9. The third-order valence-corrected chi connectivity index (χ3v) is 7.38. The SMILES string of the molecule is COc1cccc(-c2cc3c(n4cnnc24)N(C(=O)OC(C)(C)C)Cc2c(F)ccc4c2C2(CO4)C[C@H]2O3)n1. The molecular weight excluding hydrogens is 505 g/mol. The first kappa shape index (κ1) is 23.7. The van der Waals surface area contributed by atoms with Crippen LogP contribution < -0.4 is 19.1 Å². The number of ether oxygens (including phenoxy) is 4. The summed E-state index contributed by atoms with van der Waals surface area (Å²) < 4.78 is 40.9. The van der Waals surface area contributed by atoms with Crippen molar-refractivity contribution in [3.8, 4) is 28.6 Å². The number of benzene rings is 1. The molecule has 10 nitrogen and oxygen atoms in total. The van der Waals surface area contributed by atoms with E-state index in [4.69, 9.17) is 18.9 Å². The van der Waals surface area contributed by atoms with E-state index in [9.17, 15) is 4.79 Å². The molecule has 7 rings (SSSR count). The lowest BCUT2D eigenvalue weighted by Crippen LogP contribution is -2.38. The molecule has 4 aromatic rings. The van der Waals surface area contributed by atoms with E-state index in [1.165, 1.54) is 17.3 Å². The molecule has 0 bridgehead atoms. The van der Waals surface area contributed by atoms with Gasteiger partial charge in [0.1, 0.15) is 36.2 Å². The lowest BCUT2D eigenvalue weighted by atomic mass is 9.92. The third kappa shape index (κ3) is 3.59. The number of amides is 1. The van der Waals surface area contributed by atoms with E-state index in [0.29, 0.717) is 58.7 Å². The maximum Gasteiger partial charge on any atom is 0.416 e. The van der Waals surface area contributed by atoms with Gasteiger partial charge >= 0.3 is 6.09 Å². The van der Waals surface area contributed by atoms with Gasteiger partial charge in [-0.25, -0.2) is 14.2 Å². The molecular formula is C28H26FN5O5. The molecule has 1 unspecified atom stereocenters. The van der Waals surface area contributed by atoms with Crippen LogP contribution in [0.1, 0.15) is 38.3 Å². The highest BCUT2D eigenvalue weighted by molar-refractivity contribution is 5.92. The Labute approximate surface area is 223 Å². The van der Waals surface area contributed by atoms with Crippen LogP contribution in [0.25, 0.3) is 16.9 Å². The lowest BCUT2D eigenvalue weighted by molar-refractivity contribution is 0.0574. The fourth-order valence-electron chi connectivity index (χ4n) is 5.57. The highest BCUT2D eigenvalue weighted by Gasteiger charge is 2.64. The van der Waals surface area contributed by atoms with Crippen LogP contribution in [0.2, 0.25) is 0 Å². The fourth-order valence-corrected chi connectivity index (χ4v) is 5.57. The van der Waals surface area contributed by atoms with Crippen molar-refractivity contribution in [1.82, 2.24) is 19.6 Å². The molecule has 2 aliphatic heterocycles. The van der Waals surface area contributed by atoms with Gasteiger partial charge < -0.3 is 18.9 Å².